The molecular formula is C10H23O3Ti. The molecule has 0 aromatic carbocycles. The van der Waals surface area contributed by atoms with Crippen molar-refractivity contribution in [2.24, 2.45) is 0 Å². The molecule has 0 aromatic heterocycles. The average molecular weight is 239 g/mol. The molecule has 0 saturated carbocycles. The van der Waals surface area contributed by atoms with E-state index in [0.29, 0.717) is 6.61 Å². The molecule has 4 heteroatoms. The summed E-state index contributed by atoms with van der Waals surface area (Å²) < 4.78 is 15.8. The van der Waals surface area contributed by atoms with E-state index in [-0.39, 0.29) is 0 Å². The van der Waals surface area contributed by atoms with E-state index in [1.54, 1.807) is 0 Å². The summed E-state index contributed by atoms with van der Waals surface area (Å²) in [5.74, 6) is 0. The van der Waals surface area contributed by atoms with Crippen molar-refractivity contribution in [1.29, 1.82) is 0 Å². The van der Waals surface area contributed by atoms with Crippen LogP contribution in [-0.4, -0.2) is 15.4 Å². The molecule has 0 aliphatic rings. The molecule has 0 aliphatic heterocycles. The van der Waals surface area contributed by atoms with Crippen LogP contribution >= 0.6 is 0 Å². The van der Waals surface area contributed by atoms with Crippen LogP contribution in [0.25, 0.3) is 0 Å². The molecule has 0 radical (unpaired) electrons. The third-order valence-corrected chi connectivity index (χ3v) is 2.01. The van der Waals surface area contributed by atoms with E-state index in [1.165, 1.54) is 44.9 Å². The Hall–Kier alpha value is 0.434. The maximum absolute atomic E-state index is 8.61. The zero-order chi connectivity index (χ0) is 11.1. The molecule has 0 aliphatic carbocycles. The van der Waals surface area contributed by atoms with Crippen LogP contribution in [0.1, 0.15) is 58.3 Å². The second kappa shape index (κ2) is 19.1. The Balaban J connectivity index is 0. The van der Waals surface area contributed by atoms with Gasteiger partial charge in [0.2, 0.25) is 0 Å². The molecule has 0 spiro atoms. The second-order valence-corrected chi connectivity index (χ2v) is 3.57. The molecule has 0 aromatic rings. The topological polar surface area (TPSA) is 57.5 Å². The van der Waals surface area contributed by atoms with Crippen LogP contribution in [0.3, 0.4) is 0 Å². The zero-order valence-corrected chi connectivity index (χ0v) is 10.7. The summed E-state index contributed by atoms with van der Waals surface area (Å²) in [6, 6.07) is 0. The Kier molecular flexibility index (Phi) is 23.0. The first-order valence-corrected chi connectivity index (χ1v) is 6.79. The summed E-state index contributed by atoms with van der Waals surface area (Å²) in [5, 5.41) is 8.51. The van der Waals surface area contributed by atoms with Crippen molar-refractivity contribution in [2.45, 2.75) is 58.3 Å². The maximum atomic E-state index is 8.61. The van der Waals surface area contributed by atoms with Gasteiger partial charge in [-0.1, -0.05) is 51.9 Å². The number of hydrogen-bond acceptors (Lipinski definition) is 2. The molecule has 0 saturated heterocycles. The number of hydrogen-bond donors (Lipinski definition) is 2. The van der Waals surface area contributed by atoms with Crippen LogP contribution < -0.4 is 0 Å². The Morgan fingerprint density at radius 1 is 0.929 bits per heavy atom. The SMILES string of the molecule is CCCCCCCCCCO.[O]=[Ti][OH]. The summed E-state index contributed by atoms with van der Waals surface area (Å²) in [5.41, 5.74) is 0. The van der Waals surface area contributed by atoms with Gasteiger partial charge < -0.3 is 5.11 Å². The van der Waals surface area contributed by atoms with Crippen molar-refractivity contribution in [1.82, 2.24) is 0 Å². The predicted octanol–water partition coefficient (Wildman–Crippen LogP) is 2.44. The Bertz CT molecular complexity index is 91.4. The fraction of sp³-hybridized carbons (Fsp3) is 1.00. The molecule has 14 heavy (non-hydrogen) atoms. The predicted molar refractivity (Wildman–Crippen MR) is 52.6 cm³/mol. The third-order valence-electron chi connectivity index (χ3n) is 2.01. The minimum atomic E-state index is -1.75. The number of rotatable bonds is 8. The van der Waals surface area contributed by atoms with E-state index >= 15 is 0 Å². The normalized spacial score (nSPS) is 8.79. The molecule has 0 unspecified atom stereocenters. The quantitative estimate of drug-likeness (QED) is 0.505. The average Bonchev–Trinajstić information content (AvgIpc) is 2.18. The molecule has 0 rings (SSSR count). The number of unbranched alkanes of at least 4 members (excludes halogenated alkanes) is 7. The number of aliphatic hydroxyl groups excluding tert-OH is 1. The van der Waals surface area contributed by atoms with Gasteiger partial charge in [-0.15, -0.1) is 0 Å². The fourth-order valence-electron chi connectivity index (χ4n) is 1.25. The minimum absolute atomic E-state index is 0.370. The van der Waals surface area contributed by atoms with Crippen LogP contribution in [0.2, 0.25) is 0 Å². The van der Waals surface area contributed by atoms with Gasteiger partial charge in [0, 0.05) is 6.61 Å². The summed E-state index contributed by atoms with van der Waals surface area (Å²) in [7, 11) is 0. The first-order chi connectivity index (χ1) is 6.83. The standard InChI is InChI=1S/C10H22O.H2O.O.Ti/c1-2-3-4-5-6-7-8-9-10-11;;;/h11H,2-10H2,1H3;1H2;;/q;;;+1/p-1. The zero-order valence-electron chi connectivity index (χ0n) is 9.17. The second-order valence-electron chi connectivity index (χ2n) is 3.29. The molecule has 0 atom stereocenters. The van der Waals surface area contributed by atoms with Crippen molar-refractivity contribution in [3.05, 3.63) is 0 Å². The first-order valence-electron chi connectivity index (χ1n) is 5.45. The molecule has 85 valence electrons. The Labute approximate surface area is 96.6 Å². The summed E-state index contributed by atoms with van der Waals surface area (Å²) in [6.07, 6.45) is 10.4. The van der Waals surface area contributed by atoms with E-state index in [1.807, 2.05) is 0 Å². The molecule has 0 heterocycles. The van der Waals surface area contributed by atoms with Gasteiger partial charge in [0.05, 0.1) is 0 Å². The Morgan fingerprint density at radius 3 is 1.64 bits per heavy atom. The van der Waals surface area contributed by atoms with Crippen molar-refractivity contribution < 1.29 is 31.6 Å². The fourth-order valence-corrected chi connectivity index (χ4v) is 1.25. The van der Waals surface area contributed by atoms with Gasteiger partial charge in [-0.2, -0.15) is 0 Å². The van der Waals surface area contributed by atoms with Crippen molar-refractivity contribution in [3.8, 4) is 0 Å². The first kappa shape index (κ1) is 16.8. The molecular weight excluding hydrogens is 216 g/mol. The van der Waals surface area contributed by atoms with Crippen LogP contribution in [0, 0.1) is 0 Å². The molecule has 0 bridgehead atoms. The Morgan fingerprint density at radius 2 is 1.29 bits per heavy atom. The van der Waals surface area contributed by atoms with Gasteiger partial charge in [-0.25, -0.2) is 0 Å². The van der Waals surface area contributed by atoms with Gasteiger partial charge >= 0.3 is 26.5 Å². The monoisotopic (exact) mass is 239 g/mol. The molecule has 2 N–H and O–H groups in total. The van der Waals surface area contributed by atoms with Crippen LogP contribution in [0.5, 0.6) is 0 Å². The summed E-state index contributed by atoms with van der Waals surface area (Å²) in [6.45, 7) is 2.61. The molecule has 0 amide bonds. The van der Waals surface area contributed by atoms with E-state index in [0.717, 1.165) is 6.42 Å². The van der Waals surface area contributed by atoms with E-state index in [2.05, 4.69) is 6.92 Å². The third kappa shape index (κ3) is 22.9. The molecule has 3 nitrogen and oxygen atoms in total. The van der Waals surface area contributed by atoms with E-state index in [4.69, 9.17) is 12.1 Å². The van der Waals surface area contributed by atoms with Gasteiger partial charge in [-0.05, 0) is 6.42 Å². The molecule has 0 fully saturated rings. The van der Waals surface area contributed by atoms with Crippen molar-refractivity contribution >= 4 is 0 Å². The van der Waals surface area contributed by atoms with Crippen LogP contribution in [0.4, 0.5) is 0 Å². The summed E-state index contributed by atoms with van der Waals surface area (Å²) in [4.78, 5) is 0. The van der Waals surface area contributed by atoms with Gasteiger partial charge in [0.15, 0.2) is 0 Å². The van der Waals surface area contributed by atoms with Gasteiger partial charge in [0.1, 0.15) is 0 Å². The number of aliphatic hydroxyl groups is 1. The van der Waals surface area contributed by atoms with Gasteiger partial charge in [0.25, 0.3) is 0 Å². The van der Waals surface area contributed by atoms with E-state index in [9.17, 15) is 0 Å². The van der Waals surface area contributed by atoms with Crippen LogP contribution in [-0.2, 0) is 22.8 Å². The summed E-state index contributed by atoms with van der Waals surface area (Å²) >= 11 is -1.75. The van der Waals surface area contributed by atoms with Gasteiger partial charge in [-0.3, -0.25) is 0 Å². The van der Waals surface area contributed by atoms with Crippen molar-refractivity contribution in [2.75, 3.05) is 6.61 Å². The van der Waals surface area contributed by atoms with Crippen LogP contribution in [0.15, 0.2) is 0 Å². The van der Waals surface area contributed by atoms with Crippen molar-refractivity contribution in [3.63, 3.8) is 0 Å². The van der Waals surface area contributed by atoms with E-state index < -0.39 is 19.5 Å².